The van der Waals surface area contributed by atoms with E-state index in [1.54, 1.807) is 0 Å². The number of nitrogens with one attached hydrogen (secondary N) is 1. The zero-order valence-corrected chi connectivity index (χ0v) is 12.6. The molecule has 2 aromatic carbocycles. The van der Waals surface area contributed by atoms with Crippen molar-refractivity contribution < 1.29 is 9.31 Å². The van der Waals surface area contributed by atoms with E-state index in [4.69, 9.17) is 34.8 Å². The Morgan fingerprint density at radius 1 is 1.14 bits per heavy atom. The normalized spacial score (nSPS) is 10.5. The predicted octanol–water partition coefficient (Wildman–Crippen LogP) is 5.31. The topological polar surface area (TPSA) is 55.2 Å². The van der Waals surface area contributed by atoms with Crippen molar-refractivity contribution in [1.82, 2.24) is 0 Å². The molecule has 0 amide bonds. The lowest BCUT2D eigenvalue weighted by Crippen LogP contribution is -2.02. The third-order valence-corrected chi connectivity index (χ3v) is 3.50. The van der Waals surface area contributed by atoms with Gasteiger partial charge in [-0.3, -0.25) is 10.1 Å². The van der Waals surface area contributed by atoms with Crippen molar-refractivity contribution in [2.75, 3.05) is 5.32 Å². The van der Waals surface area contributed by atoms with Crippen LogP contribution in [0.3, 0.4) is 0 Å². The van der Waals surface area contributed by atoms with Gasteiger partial charge in [-0.2, -0.15) is 4.39 Å². The molecule has 4 nitrogen and oxygen atoms in total. The molecule has 0 atom stereocenters. The summed E-state index contributed by atoms with van der Waals surface area (Å²) in [6.45, 7) is 0.204. The average Bonchev–Trinajstić information content (AvgIpc) is 2.36. The SMILES string of the molecule is O=[N+]([O-])c1ccc(CNc2c(Cl)cc(Cl)cc2Cl)cc1F. The molecule has 2 aromatic rings. The molecular weight excluding hydrogens is 342 g/mol. The molecule has 0 saturated heterocycles. The minimum absolute atomic E-state index is 0.204. The van der Waals surface area contributed by atoms with Gasteiger partial charge in [-0.15, -0.1) is 0 Å². The molecule has 0 heterocycles. The largest absolute Gasteiger partial charge is 0.379 e. The lowest BCUT2D eigenvalue weighted by Gasteiger charge is -2.11. The fourth-order valence-corrected chi connectivity index (χ4v) is 2.66. The molecular formula is C13H8Cl3FN2O2. The average molecular weight is 350 g/mol. The van der Waals surface area contributed by atoms with Gasteiger partial charge < -0.3 is 5.32 Å². The van der Waals surface area contributed by atoms with Crippen LogP contribution in [0.15, 0.2) is 30.3 Å². The van der Waals surface area contributed by atoms with Crippen molar-refractivity contribution in [3.05, 3.63) is 66.9 Å². The number of hydrogen-bond acceptors (Lipinski definition) is 3. The van der Waals surface area contributed by atoms with Gasteiger partial charge in [-0.25, -0.2) is 0 Å². The number of nitro groups is 1. The van der Waals surface area contributed by atoms with Crippen molar-refractivity contribution in [1.29, 1.82) is 0 Å². The molecule has 110 valence electrons. The lowest BCUT2D eigenvalue weighted by atomic mass is 10.2. The monoisotopic (exact) mass is 348 g/mol. The summed E-state index contributed by atoms with van der Waals surface area (Å²) in [7, 11) is 0. The molecule has 1 N–H and O–H groups in total. The molecule has 0 saturated carbocycles. The summed E-state index contributed by atoms with van der Waals surface area (Å²) in [5.41, 5.74) is 0.406. The first-order chi connectivity index (χ1) is 9.88. The Bertz CT molecular complexity index is 687. The van der Waals surface area contributed by atoms with E-state index in [2.05, 4.69) is 5.32 Å². The Balaban J connectivity index is 2.17. The van der Waals surface area contributed by atoms with E-state index in [0.717, 1.165) is 12.1 Å². The molecule has 0 aliphatic rings. The highest BCUT2D eigenvalue weighted by atomic mass is 35.5. The van der Waals surface area contributed by atoms with Crippen molar-refractivity contribution in [2.24, 2.45) is 0 Å². The maximum atomic E-state index is 13.5. The Morgan fingerprint density at radius 3 is 2.29 bits per heavy atom. The van der Waals surface area contributed by atoms with Crippen LogP contribution in [-0.2, 0) is 6.54 Å². The van der Waals surface area contributed by atoms with Gasteiger partial charge in [0.05, 0.1) is 20.7 Å². The molecule has 8 heteroatoms. The summed E-state index contributed by atoms with van der Waals surface area (Å²) in [4.78, 5) is 9.76. The zero-order valence-electron chi connectivity index (χ0n) is 10.4. The third kappa shape index (κ3) is 3.75. The molecule has 0 aliphatic heterocycles. The van der Waals surface area contributed by atoms with Crippen molar-refractivity contribution in [2.45, 2.75) is 6.54 Å². The van der Waals surface area contributed by atoms with Crippen LogP contribution >= 0.6 is 34.8 Å². The Hall–Kier alpha value is -1.56. The number of halogens is 4. The van der Waals surface area contributed by atoms with Gasteiger partial charge in [-0.05, 0) is 23.8 Å². The van der Waals surface area contributed by atoms with E-state index in [9.17, 15) is 14.5 Å². The molecule has 0 aromatic heterocycles. The zero-order chi connectivity index (χ0) is 15.6. The standard InChI is InChI=1S/C13H8Cl3FN2O2/c14-8-4-9(15)13(10(16)5-8)18-6-7-1-2-12(19(20)21)11(17)3-7/h1-5,18H,6H2. The quantitative estimate of drug-likeness (QED) is 0.601. The number of anilines is 1. The van der Waals surface area contributed by atoms with Crippen molar-refractivity contribution in [3.8, 4) is 0 Å². The summed E-state index contributed by atoms with van der Waals surface area (Å²) in [5.74, 6) is -0.896. The van der Waals surface area contributed by atoms with Gasteiger partial charge in [0.2, 0.25) is 5.82 Å². The molecule has 0 radical (unpaired) electrons. The van der Waals surface area contributed by atoms with Gasteiger partial charge in [0.1, 0.15) is 0 Å². The van der Waals surface area contributed by atoms with Crippen LogP contribution in [-0.4, -0.2) is 4.92 Å². The van der Waals surface area contributed by atoms with Crippen LogP contribution in [0.25, 0.3) is 0 Å². The van der Waals surface area contributed by atoms with Gasteiger partial charge in [-0.1, -0.05) is 40.9 Å². The second kappa shape index (κ2) is 6.47. The lowest BCUT2D eigenvalue weighted by molar-refractivity contribution is -0.387. The molecule has 0 bridgehead atoms. The van der Waals surface area contributed by atoms with Crippen molar-refractivity contribution >= 4 is 46.2 Å². The van der Waals surface area contributed by atoms with Crippen LogP contribution in [0, 0.1) is 15.9 Å². The highest BCUT2D eigenvalue weighted by Crippen LogP contribution is 2.34. The van der Waals surface area contributed by atoms with Crippen LogP contribution in [0.5, 0.6) is 0 Å². The van der Waals surface area contributed by atoms with Gasteiger partial charge in [0.25, 0.3) is 0 Å². The molecule has 21 heavy (non-hydrogen) atoms. The molecule has 0 spiro atoms. The number of nitro benzene ring substituents is 1. The van der Waals surface area contributed by atoms with Crippen LogP contribution < -0.4 is 5.32 Å². The molecule has 0 aliphatic carbocycles. The number of nitrogens with zero attached hydrogens (tertiary/aromatic N) is 1. The number of hydrogen-bond donors (Lipinski definition) is 1. The van der Waals surface area contributed by atoms with E-state index in [1.807, 2.05) is 0 Å². The highest BCUT2D eigenvalue weighted by Gasteiger charge is 2.14. The van der Waals surface area contributed by atoms with Crippen LogP contribution in [0.1, 0.15) is 5.56 Å². The van der Waals surface area contributed by atoms with Gasteiger partial charge in [0.15, 0.2) is 0 Å². The van der Waals surface area contributed by atoms with E-state index < -0.39 is 16.4 Å². The molecule has 2 rings (SSSR count). The van der Waals surface area contributed by atoms with Gasteiger partial charge in [0, 0.05) is 17.6 Å². The molecule has 0 unspecified atom stereocenters. The second-order valence-corrected chi connectivity index (χ2v) is 5.39. The summed E-state index contributed by atoms with van der Waals surface area (Å²) >= 11 is 17.8. The summed E-state index contributed by atoms with van der Waals surface area (Å²) < 4.78 is 13.5. The number of benzene rings is 2. The fraction of sp³-hybridized carbons (Fsp3) is 0.0769. The van der Waals surface area contributed by atoms with Gasteiger partial charge >= 0.3 is 5.69 Å². The fourth-order valence-electron chi connectivity index (χ4n) is 1.71. The Morgan fingerprint density at radius 2 is 1.76 bits per heavy atom. The minimum Gasteiger partial charge on any atom is -0.379 e. The van der Waals surface area contributed by atoms with E-state index in [1.165, 1.54) is 18.2 Å². The van der Waals surface area contributed by atoms with E-state index in [-0.39, 0.29) is 6.54 Å². The predicted molar refractivity (Wildman–Crippen MR) is 81.9 cm³/mol. The summed E-state index contributed by atoms with van der Waals surface area (Å²) in [6, 6.07) is 6.69. The van der Waals surface area contributed by atoms with Crippen LogP contribution in [0.4, 0.5) is 15.8 Å². The first-order valence-electron chi connectivity index (χ1n) is 5.69. The number of rotatable bonds is 4. The van der Waals surface area contributed by atoms with E-state index in [0.29, 0.717) is 26.3 Å². The Kier molecular flexibility index (Phi) is 4.88. The highest BCUT2D eigenvalue weighted by molar-refractivity contribution is 6.41. The first kappa shape index (κ1) is 15.8. The Labute approximate surface area is 134 Å². The maximum absolute atomic E-state index is 13.5. The van der Waals surface area contributed by atoms with Crippen molar-refractivity contribution in [3.63, 3.8) is 0 Å². The summed E-state index contributed by atoms with van der Waals surface area (Å²) in [6.07, 6.45) is 0. The smallest absolute Gasteiger partial charge is 0.304 e. The van der Waals surface area contributed by atoms with E-state index >= 15 is 0 Å². The third-order valence-electron chi connectivity index (χ3n) is 2.68. The minimum atomic E-state index is -0.896. The maximum Gasteiger partial charge on any atom is 0.304 e. The summed E-state index contributed by atoms with van der Waals surface area (Å²) in [5, 5.41) is 14.5. The molecule has 0 fully saturated rings. The second-order valence-electron chi connectivity index (χ2n) is 4.14. The first-order valence-corrected chi connectivity index (χ1v) is 6.83. The van der Waals surface area contributed by atoms with Crippen LogP contribution in [0.2, 0.25) is 15.1 Å².